The van der Waals surface area contributed by atoms with Crippen molar-refractivity contribution in [2.45, 2.75) is 13.8 Å². The molecule has 0 amide bonds. The molecule has 0 N–H and O–H groups in total. The second-order valence-electron chi connectivity index (χ2n) is 9.41. The predicted octanol–water partition coefficient (Wildman–Crippen LogP) is 7.26. The van der Waals surface area contributed by atoms with Gasteiger partial charge in [0.15, 0.2) is 5.78 Å². The van der Waals surface area contributed by atoms with Crippen LogP contribution < -0.4 is 14.6 Å². The maximum Gasteiger partial charge on any atom is 3.00 e. The zero-order valence-electron chi connectivity index (χ0n) is 24.8. The van der Waals surface area contributed by atoms with Crippen LogP contribution in [0.4, 0.5) is 0 Å². The molecule has 2 heterocycles. The minimum Gasteiger partial charge on any atom is -0.876 e. The van der Waals surface area contributed by atoms with Crippen LogP contribution in [-0.2, 0) is 24.9 Å². The number of ether oxygens (including phenoxy) is 2. The summed E-state index contributed by atoms with van der Waals surface area (Å²) in [6.07, 6.45) is 4.71. The number of allylic oxidation sites excluding steroid dienone is 2. The summed E-state index contributed by atoms with van der Waals surface area (Å²) in [7, 11) is 3.30. The molecule has 0 saturated heterocycles. The van der Waals surface area contributed by atoms with Crippen molar-refractivity contribution < 1.29 is 39.5 Å². The van der Waals surface area contributed by atoms with Gasteiger partial charge >= 0.3 is 20.1 Å². The van der Waals surface area contributed by atoms with E-state index in [0.717, 1.165) is 50.9 Å². The maximum absolute atomic E-state index is 9.98. The monoisotopic (exact) mass is 760 g/mol. The Kier molecular flexibility index (Phi) is 12.8. The molecule has 0 saturated carbocycles. The molecule has 0 aliphatic rings. The Morgan fingerprint density at radius 3 is 1.43 bits per heavy atom. The largest absolute Gasteiger partial charge is 3.00 e. The van der Waals surface area contributed by atoms with Crippen molar-refractivity contribution >= 4 is 27.3 Å². The number of ketones is 1. The number of hydrogen-bond acceptors (Lipinski definition) is 6. The van der Waals surface area contributed by atoms with Crippen LogP contribution in [-0.4, -0.2) is 30.0 Å². The van der Waals surface area contributed by atoms with E-state index in [2.05, 4.69) is 46.4 Å². The number of aromatic nitrogens is 2. The summed E-state index contributed by atoms with van der Waals surface area (Å²) in [6.45, 7) is 2.70. The zero-order valence-corrected chi connectivity index (χ0v) is 27.2. The van der Waals surface area contributed by atoms with Crippen molar-refractivity contribution in [3.63, 3.8) is 0 Å². The minimum atomic E-state index is -0.187. The fourth-order valence-electron chi connectivity index (χ4n) is 4.32. The summed E-state index contributed by atoms with van der Waals surface area (Å²) in [5.74, 6) is 1.23. The van der Waals surface area contributed by atoms with Gasteiger partial charge in [-0.3, -0.25) is 4.79 Å². The molecule has 0 atom stereocenters. The van der Waals surface area contributed by atoms with Crippen molar-refractivity contribution in [1.82, 2.24) is 9.97 Å². The van der Waals surface area contributed by atoms with Crippen LogP contribution in [0.2, 0.25) is 0 Å². The Bertz CT molecular complexity index is 1700. The van der Waals surface area contributed by atoms with Gasteiger partial charge in [0, 0.05) is 23.9 Å². The molecule has 0 aliphatic heterocycles. The SMILES string of the molecule is CC(=O)/C=C(/C)[O-].COc1c[c-]c(-c2nccc3ccccc23)cc1.COc1c[c-]c(-c2nccc3ccccc23)cc1.[Ir+3]. The van der Waals surface area contributed by atoms with Crippen molar-refractivity contribution in [3.05, 3.63) is 133 Å². The molecule has 0 bridgehead atoms. The third-order valence-electron chi connectivity index (χ3n) is 6.30. The summed E-state index contributed by atoms with van der Waals surface area (Å²) >= 11 is 0. The van der Waals surface area contributed by atoms with Crippen molar-refractivity contribution in [2.24, 2.45) is 0 Å². The number of fused-ring (bicyclic) bond motifs is 2. The normalized spacial score (nSPS) is 10.4. The Morgan fingerprint density at radius 1 is 0.682 bits per heavy atom. The van der Waals surface area contributed by atoms with Gasteiger partial charge in [0.05, 0.1) is 14.2 Å². The first-order valence-corrected chi connectivity index (χ1v) is 13.5. The number of rotatable bonds is 5. The first-order valence-electron chi connectivity index (χ1n) is 13.5. The summed E-state index contributed by atoms with van der Waals surface area (Å²) in [6, 6.07) is 38.4. The molecule has 0 aliphatic carbocycles. The van der Waals surface area contributed by atoms with Crippen molar-refractivity contribution in [3.8, 4) is 34.0 Å². The number of carbonyl (C=O) groups excluding carboxylic acids is 1. The third kappa shape index (κ3) is 9.08. The topological polar surface area (TPSA) is 84.4 Å². The third-order valence-corrected chi connectivity index (χ3v) is 6.30. The van der Waals surface area contributed by atoms with E-state index >= 15 is 0 Å². The number of hydrogen-bond donors (Lipinski definition) is 0. The van der Waals surface area contributed by atoms with Crippen molar-refractivity contribution in [2.75, 3.05) is 14.2 Å². The first-order chi connectivity index (χ1) is 20.9. The number of nitrogens with zero attached hydrogens (tertiary/aromatic N) is 2. The van der Waals surface area contributed by atoms with Gasteiger partial charge in [0.2, 0.25) is 0 Å². The second-order valence-corrected chi connectivity index (χ2v) is 9.41. The molecule has 0 unspecified atom stereocenters. The number of methoxy groups -OCH3 is 2. The van der Waals surface area contributed by atoms with Gasteiger partial charge in [-0.2, -0.15) is 0 Å². The van der Waals surface area contributed by atoms with Crippen LogP contribution in [0, 0.1) is 12.1 Å². The van der Waals surface area contributed by atoms with E-state index in [1.54, 1.807) is 14.2 Å². The predicted molar refractivity (Wildman–Crippen MR) is 170 cm³/mol. The van der Waals surface area contributed by atoms with Gasteiger partial charge in [-0.25, -0.2) is 0 Å². The molecule has 0 fully saturated rings. The van der Waals surface area contributed by atoms with E-state index in [4.69, 9.17) is 9.47 Å². The molecule has 7 heteroatoms. The van der Waals surface area contributed by atoms with E-state index in [-0.39, 0.29) is 31.6 Å². The van der Waals surface area contributed by atoms with Gasteiger partial charge in [0.1, 0.15) is 0 Å². The Morgan fingerprint density at radius 2 is 1.11 bits per heavy atom. The van der Waals surface area contributed by atoms with Gasteiger partial charge in [0.25, 0.3) is 0 Å². The fraction of sp³-hybridized carbons (Fsp3) is 0.108. The van der Waals surface area contributed by atoms with Gasteiger partial charge < -0.3 is 24.5 Å². The molecule has 0 radical (unpaired) electrons. The van der Waals surface area contributed by atoms with E-state index in [9.17, 15) is 9.90 Å². The second kappa shape index (κ2) is 16.7. The molecule has 4 aromatic carbocycles. The number of carbonyl (C=O) groups is 1. The molecular weight excluding hydrogens is 729 g/mol. The maximum atomic E-state index is 9.98. The summed E-state index contributed by atoms with van der Waals surface area (Å²) < 4.78 is 10.3. The molecule has 6 nitrogen and oxygen atoms in total. The van der Waals surface area contributed by atoms with Crippen LogP contribution in [0.5, 0.6) is 11.5 Å². The standard InChI is InChI=1S/2C16H12NO.C5H8O2.Ir/c2*1-18-14-8-6-13(7-9-14)16-15-5-3-2-4-12(15)10-11-17-16;1-4(6)3-5(2)7;/h2*2-6,8-11H,1H3;3,6H,1-2H3;/q2*-1;;+3/p-1/b;;4-3-;. The first kappa shape index (κ1) is 33.7. The quantitative estimate of drug-likeness (QED) is 0.105. The van der Waals surface area contributed by atoms with E-state index < -0.39 is 0 Å². The molecule has 0 spiro atoms. The molecule has 44 heavy (non-hydrogen) atoms. The zero-order chi connectivity index (χ0) is 30.6. The van der Waals surface area contributed by atoms with E-state index in [1.807, 2.05) is 85.2 Å². The molecular formula is C37H31IrN2O4. The molecule has 6 rings (SSSR count). The Balaban J connectivity index is 0.000000196. The summed E-state index contributed by atoms with van der Waals surface area (Å²) in [5.41, 5.74) is 3.87. The minimum absolute atomic E-state index is 0. The van der Waals surface area contributed by atoms with Gasteiger partial charge in [-0.15, -0.1) is 65.4 Å². The average Bonchev–Trinajstić information content (AvgIpc) is 3.04. The average molecular weight is 760 g/mol. The number of pyridine rings is 2. The van der Waals surface area contributed by atoms with Gasteiger partial charge in [-0.1, -0.05) is 55.5 Å². The fourth-order valence-corrected chi connectivity index (χ4v) is 4.32. The smallest absolute Gasteiger partial charge is 0.876 e. The van der Waals surface area contributed by atoms with Crippen LogP contribution in [0.15, 0.2) is 121 Å². The van der Waals surface area contributed by atoms with Crippen LogP contribution in [0.3, 0.4) is 0 Å². The van der Waals surface area contributed by atoms with Crippen LogP contribution in [0.25, 0.3) is 44.1 Å². The van der Waals surface area contributed by atoms with Crippen molar-refractivity contribution in [1.29, 1.82) is 0 Å². The van der Waals surface area contributed by atoms with E-state index in [1.165, 1.54) is 24.6 Å². The molecule has 222 valence electrons. The van der Waals surface area contributed by atoms with Crippen LogP contribution >= 0.6 is 0 Å². The number of benzene rings is 4. The summed E-state index contributed by atoms with van der Waals surface area (Å²) in [5, 5.41) is 14.6. The van der Waals surface area contributed by atoms with Crippen LogP contribution in [0.1, 0.15) is 13.8 Å². The van der Waals surface area contributed by atoms with Gasteiger partial charge in [-0.05, 0) is 58.1 Å². The molecule has 2 aromatic heterocycles. The summed E-state index contributed by atoms with van der Waals surface area (Å²) in [4.78, 5) is 18.9. The Hall–Kier alpha value is -4.84. The van der Waals surface area contributed by atoms with E-state index in [0.29, 0.717) is 0 Å². The Labute approximate surface area is 271 Å². The molecule has 6 aromatic rings.